The number of aliphatic hydroxyl groups is 2. The van der Waals surface area contributed by atoms with Gasteiger partial charge in [-0.05, 0) is 154 Å². The van der Waals surface area contributed by atoms with Crippen molar-refractivity contribution >= 4 is 33.6 Å². The minimum atomic E-state index is -4.95. The van der Waals surface area contributed by atoms with Crippen molar-refractivity contribution in [1.29, 1.82) is 0 Å². The third-order valence-corrected chi connectivity index (χ3v) is 23.3. The standard InChI is InChI=1S/C107H184O16P2/c1-4-7-10-13-16-19-22-25-28-31-34-37-40-43-45-47-49-50-52-54-55-58-60-63-66-69-72-75-78-81-84-87-90-93-105(110)117-96-102(108)97-119-124(113,114)120-98-103(109)99-121-125(115,116)122-101-104(123-107(112)95-92-89-86-83-80-77-74-71-68-65-62-57-42-39-36-33-30-27-24-21-18-15-12-9-6-3)100-118-106(111)94-91-88-85-82-79-76-73-70-67-64-61-59-56-53-51-48-46-44-41-38-35-32-29-26-23-20-17-14-11-8-5-2/h8-9,11-12,16-21,25-30,34-39,43-46,57,62,102-104,108-109H,4-7,10,13-15,22-24,31-33,40-42,47-56,58-61,63-101H2,1-3H3,(H,113,114)(H,115,116)/b11-8-,12-9-,19-16-,20-17-,21-18-,28-25-,29-26-,30-27-,37-34-,38-35-,39-36-,45-43-,46-44-,62-57-. The number of carbonyl (C=O) groups is 3. The number of hydrogen-bond donors (Lipinski definition) is 4. The maximum absolute atomic E-state index is 13.1. The molecule has 0 saturated carbocycles. The first-order valence-electron chi connectivity index (χ1n) is 50.4. The van der Waals surface area contributed by atoms with E-state index in [1.807, 2.05) is 0 Å². The lowest BCUT2D eigenvalue weighted by Gasteiger charge is -2.21. The second-order valence-corrected chi connectivity index (χ2v) is 36.4. The van der Waals surface area contributed by atoms with Crippen molar-refractivity contribution in [2.75, 3.05) is 39.6 Å². The van der Waals surface area contributed by atoms with Gasteiger partial charge in [-0.15, -0.1) is 0 Å². The fourth-order valence-corrected chi connectivity index (χ4v) is 15.4. The van der Waals surface area contributed by atoms with Crippen molar-refractivity contribution in [2.45, 2.75) is 450 Å². The third kappa shape index (κ3) is 99.3. The first kappa shape index (κ1) is 120. The van der Waals surface area contributed by atoms with E-state index < -0.39 is 91.5 Å². The highest BCUT2D eigenvalue weighted by atomic mass is 31.2. The molecule has 16 nitrogen and oxygen atoms in total. The summed E-state index contributed by atoms with van der Waals surface area (Å²) in [5.41, 5.74) is 0. The summed E-state index contributed by atoms with van der Waals surface area (Å²) in [5, 5.41) is 20.8. The molecule has 4 N–H and O–H groups in total. The van der Waals surface area contributed by atoms with Crippen LogP contribution in [-0.4, -0.2) is 95.9 Å². The number of aliphatic hydroxyl groups excluding tert-OH is 2. The van der Waals surface area contributed by atoms with Gasteiger partial charge >= 0.3 is 33.6 Å². The molecule has 0 bridgehead atoms. The average molecular weight is 1790 g/mol. The van der Waals surface area contributed by atoms with Gasteiger partial charge in [-0.1, -0.05) is 428 Å². The van der Waals surface area contributed by atoms with E-state index in [1.165, 1.54) is 218 Å². The number of hydrogen-bond acceptors (Lipinski definition) is 14. The molecule has 0 aliphatic rings. The van der Waals surface area contributed by atoms with E-state index >= 15 is 0 Å². The van der Waals surface area contributed by atoms with Gasteiger partial charge in [0.1, 0.15) is 25.4 Å². The molecule has 5 atom stereocenters. The Kier molecular flexibility index (Phi) is 94.0. The second-order valence-electron chi connectivity index (χ2n) is 33.5. The summed E-state index contributed by atoms with van der Waals surface area (Å²) in [6, 6.07) is 0. The summed E-state index contributed by atoms with van der Waals surface area (Å²) in [6.07, 6.45) is 128. The summed E-state index contributed by atoms with van der Waals surface area (Å²) >= 11 is 0. The van der Waals surface area contributed by atoms with Gasteiger partial charge in [-0.25, -0.2) is 9.13 Å². The Balaban J connectivity index is 4.59. The number of allylic oxidation sites excluding steroid dienone is 28. The van der Waals surface area contributed by atoms with Crippen LogP contribution < -0.4 is 0 Å². The van der Waals surface area contributed by atoms with Gasteiger partial charge in [-0.3, -0.25) is 32.5 Å². The summed E-state index contributed by atoms with van der Waals surface area (Å²) < 4.78 is 61.7. The molecular weight excluding hydrogens is 1600 g/mol. The normalized spacial score (nSPS) is 14.4. The van der Waals surface area contributed by atoms with Gasteiger partial charge in [0.15, 0.2) is 6.10 Å². The van der Waals surface area contributed by atoms with Gasteiger partial charge in [-0.2, -0.15) is 0 Å². The zero-order valence-corrected chi connectivity index (χ0v) is 81.3. The van der Waals surface area contributed by atoms with Crippen LogP contribution in [0, 0.1) is 0 Å². The minimum Gasteiger partial charge on any atom is -0.463 e. The molecule has 0 radical (unpaired) electrons. The molecule has 0 aromatic heterocycles. The number of carbonyl (C=O) groups excluding carboxylic acids is 3. The monoisotopic (exact) mass is 1790 g/mol. The summed E-state index contributed by atoms with van der Waals surface area (Å²) in [7, 11) is -9.82. The van der Waals surface area contributed by atoms with Crippen LogP contribution in [0.4, 0.5) is 0 Å². The van der Waals surface area contributed by atoms with Crippen molar-refractivity contribution in [2.24, 2.45) is 0 Å². The molecule has 0 aromatic rings. The van der Waals surface area contributed by atoms with Crippen LogP contribution in [0.2, 0.25) is 0 Å². The molecule has 0 amide bonds. The van der Waals surface area contributed by atoms with Crippen LogP contribution in [0.5, 0.6) is 0 Å². The van der Waals surface area contributed by atoms with Crippen LogP contribution in [0.1, 0.15) is 432 Å². The number of phosphoric ester groups is 2. The van der Waals surface area contributed by atoms with E-state index in [1.54, 1.807) is 0 Å². The number of esters is 3. The Morgan fingerprint density at radius 1 is 0.232 bits per heavy atom. The maximum Gasteiger partial charge on any atom is 0.472 e. The number of phosphoric acid groups is 2. The average Bonchev–Trinajstić information content (AvgIpc) is 0.899. The largest absolute Gasteiger partial charge is 0.472 e. The highest BCUT2D eigenvalue weighted by molar-refractivity contribution is 7.47. The molecule has 5 unspecified atom stereocenters. The van der Waals surface area contributed by atoms with E-state index in [2.05, 4.69) is 191 Å². The number of rotatable bonds is 95. The Morgan fingerprint density at radius 2 is 0.424 bits per heavy atom. The Morgan fingerprint density at radius 3 is 0.672 bits per heavy atom. The van der Waals surface area contributed by atoms with Gasteiger partial charge < -0.3 is 34.2 Å². The molecule has 0 aromatic carbocycles. The van der Waals surface area contributed by atoms with Crippen LogP contribution in [0.3, 0.4) is 0 Å². The fourth-order valence-electron chi connectivity index (χ4n) is 13.8. The van der Waals surface area contributed by atoms with Crippen LogP contribution in [-0.2, 0) is 55.8 Å². The van der Waals surface area contributed by atoms with Crippen molar-refractivity contribution < 1.29 is 75.8 Å². The molecule has 0 saturated heterocycles. The lowest BCUT2D eigenvalue weighted by Crippen LogP contribution is -2.30. The lowest BCUT2D eigenvalue weighted by molar-refractivity contribution is -0.161. The molecule has 0 aliphatic carbocycles. The maximum atomic E-state index is 13.1. The van der Waals surface area contributed by atoms with Crippen molar-refractivity contribution in [3.8, 4) is 0 Å². The molecule has 125 heavy (non-hydrogen) atoms. The zero-order valence-electron chi connectivity index (χ0n) is 79.5. The second kappa shape index (κ2) is 98.0. The number of ether oxygens (including phenoxy) is 3. The van der Waals surface area contributed by atoms with Crippen LogP contribution in [0.15, 0.2) is 170 Å². The molecule has 0 fully saturated rings. The van der Waals surface area contributed by atoms with Gasteiger partial charge in [0.05, 0.1) is 26.4 Å². The lowest BCUT2D eigenvalue weighted by atomic mass is 10.0. The topological polar surface area (TPSA) is 231 Å². The molecule has 0 heterocycles. The zero-order chi connectivity index (χ0) is 90.7. The highest BCUT2D eigenvalue weighted by Gasteiger charge is 2.30. The predicted octanol–water partition coefficient (Wildman–Crippen LogP) is 31.8. The summed E-state index contributed by atoms with van der Waals surface area (Å²) in [4.78, 5) is 59.2. The van der Waals surface area contributed by atoms with E-state index in [-0.39, 0.29) is 19.3 Å². The molecule has 0 aliphatic heterocycles. The first-order valence-corrected chi connectivity index (χ1v) is 53.4. The predicted molar refractivity (Wildman–Crippen MR) is 528 cm³/mol. The van der Waals surface area contributed by atoms with Crippen molar-refractivity contribution in [3.05, 3.63) is 170 Å². The third-order valence-electron chi connectivity index (χ3n) is 21.4. The Hall–Kier alpha value is -5.09. The SMILES string of the molecule is CC/C=C\C/C=C\C/C=C\C/C=C\C/C=C\CCCCCCCCCCCCCCCCCC(=O)OCC(COP(=O)(O)OCC(O)COP(=O)(O)OCC(O)COC(=O)CCCCCCCCCCCCCCCCCCC/C=C\C/C=C\C/C=C\C/C=C\CCCCC)OC(=O)CCCCCCCCCCC/C=C\C/C=C\C/C=C\C/C=C\C/C=C\CC. The summed E-state index contributed by atoms with van der Waals surface area (Å²) in [6.45, 7) is 2.49. The van der Waals surface area contributed by atoms with Crippen LogP contribution >= 0.6 is 15.6 Å². The van der Waals surface area contributed by atoms with Gasteiger partial charge in [0.2, 0.25) is 0 Å². The van der Waals surface area contributed by atoms with E-state index in [9.17, 15) is 43.5 Å². The summed E-state index contributed by atoms with van der Waals surface area (Å²) in [5.74, 6) is -1.57. The first-order chi connectivity index (χ1) is 61.2. The van der Waals surface area contributed by atoms with E-state index in [4.69, 9.17) is 32.3 Å². The minimum absolute atomic E-state index is 0.0938. The molecule has 0 spiro atoms. The highest BCUT2D eigenvalue weighted by Crippen LogP contribution is 2.45. The van der Waals surface area contributed by atoms with Gasteiger partial charge in [0.25, 0.3) is 0 Å². The quantitative estimate of drug-likeness (QED) is 0.0146. The Labute approximate surface area is 764 Å². The Bertz CT molecular complexity index is 2950. The van der Waals surface area contributed by atoms with Gasteiger partial charge in [0, 0.05) is 19.3 Å². The van der Waals surface area contributed by atoms with E-state index in [0.29, 0.717) is 19.3 Å². The van der Waals surface area contributed by atoms with E-state index in [0.717, 1.165) is 154 Å². The fraction of sp³-hybridized carbons (Fsp3) is 0.710. The smallest absolute Gasteiger partial charge is 0.463 e. The van der Waals surface area contributed by atoms with Crippen molar-refractivity contribution in [1.82, 2.24) is 0 Å². The molecule has 718 valence electrons. The van der Waals surface area contributed by atoms with Crippen molar-refractivity contribution in [3.63, 3.8) is 0 Å². The van der Waals surface area contributed by atoms with Crippen LogP contribution in [0.25, 0.3) is 0 Å². The molecular formula is C107H184O16P2. The molecule has 0 rings (SSSR count). The number of unbranched alkanes of at least 4 members (excludes halogenated alkanes) is 44. The molecule has 18 heteroatoms.